The van der Waals surface area contributed by atoms with Crippen LogP contribution in [-0.2, 0) is 14.3 Å². The molecule has 1 heterocycles. The highest BCUT2D eigenvalue weighted by atomic mass is 19.4. The number of benzene rings is 3. The fourth-order valence-electron chi connectivity index (χ4n) is 3.99. The number of hydrazone groups is 1. The van der Waals surface area contributed by atoms with E-state index in [-0.39, 0.29) is 11.3 Å². The number of alkyl halides is 3. The summed E-state index contributed by atoms with van der Waals surface area (Å²) in [6.45, 7) is -0.631. The van der Waals surface area contributed by atoms with Gasteiger partial charge in [0.15, 0.2) is 6.61 Å². The molecule has 0 fully saturated rings. The molecule has 0 spiro atoms. The predicted octanol–water partition coefficient (Wildman–Crippen LogP) is 5.29. The summed E-state index contributed by atoms with van der Waals surface area (Å²) in [5.74, 6) is -2.86. The molecule has 0 bridgehead atoms. The highest BCUT2D eigenvalue weighted by Crippen LogP contribution is 2.33. The third kappa shape index (κ3) is 6.73. The van der Waals surface area contributed by atoms with E-state index < -0.39 is 36.5 Å². The standard InChI is InChI=1S/C29H24F3N3O5/c1-39-21-13-11-20(12-14-21)25-17-24(19-7-3-2-4-8-19)34-35(25)27(37)18-40-28(38)22-9-5-6-10-23(22)33-16-15-26(36)29(30,31)32/h2-16,25,33H,17-18H2,1H3/b16-15+/t25-/m1/s1. The number of ether oxygens (including phenoxy) is 2. The zero-order valence-corrected chi connectivity index (χ0v) is 21.2. The molecule has 206 valence electrons. The van der Waals surface area contributed by atoms with Gasteiger partial charge in [0.25, 0.3) is 11.7 Å². The number of nitrogens with zero attached hydrogens (tertiary/aromatic N) is 2. The highest BCUT2D eigenvalue weighted by Gasteiger charge is 2.36. The van der Waals surface area contributed by atoms with Gasteiger partial charge in [-0.15, -0.1) is 0 Å². The number of allylic oxidation sites excluding steroid dienone is 1. The summed E-state index contributed by atoms with van der Waals surface area (Å²) >= 11 is 0. The Morgan fingerprint density at radius 1 is 1.00 bits per heavy atom. The minimum atomic E-state index is -5.01. The van der Waals surface area contributed by atoms with Gasteiger partial charge < -0.3 is 14.8 Å². The summed E-state index contributed by atoms with van der Waals surface area (Å²) in [6, 6.07) is 22.0. The number of para-hydroxylation sites is 1. The van der Waals surface area contributed by atoms with Gasteiger partial charge in [-0.1, -0.05) is 54.6 Å². The number of esters is 1. The second-order valence-corrected chi connectivity index (χ2v) is 8.61. The number of hydrogen-bond donors (Lipinski definition) is 1. The lowest BCUT2D eigenvalue weighted by atomic mass is 9.98. The molecule has 0 saturated carbocycles. The number of methoxy groups -OCH3 is 1. The quantitative estimate of drug-likeness (QED) is 0.287. The Morgan fingerprint density at radius 2 is 1.68 bits per heavy atom. The average molecular weight is 552 g/mol. The second kappa shape index (κ2) is 12.3. The summed E-state index contributed by atoms with van der Waals surface area (Å²) in [5, 5.41) is 8.29. The lowest BCUT2D eigenvalue weighted by molar-refractivity contribution is -0.165. The van der Waals surface area contributed by atoms with Gasteiger partial charge in [-0.3, -0.25) is 9.59 Å². The molecule has 0 saturated heterocycles. The Bertz CT molecular complexity index is 1440. The van der Waals surface area contributed by atoms with Crippen LogP contribution in [0.1, 0.15) is 33.9 Å². The average Bonchev–Trinajstić information content (AvgIpc) is 3.42. The van der Waals surface area contributed by atoms with E-state index in [9.17, 15) is 27.6 Å². The first-order valence-electron chi connectivity index (χ1n) is 12.1. The maximum Gasteiger partial charge on any atom is 0.454 e. The van der Waals surface area contributed by atoms with Crippen LogP contribution in [0.2, 0.25) is 0 Å². The zero-order valence-electron chi connectivity index (χ0n) is 21.2. The molecule has 1 amide bonds. The summed E-state index contributed by atoms with van der Waals surface area (Å²) in [7, 11) is 1.55. The molecule has 1 atom stereocenters. The molecule has 0 aromatic heterocycles. The molecule has 8 nitrogen and oxygen atoms in total. The number of ketones is 1. The van der Waals surface area contributed by atoms with Crippen molar-refractivity contribution in [2.45, 2.75) is 18.6 Å². The van der Waals surface area contributed by atoms with Crippen LogP contribution in [0.15, 0.2) is 96.2 Å². The number of nitrogens with one attached hydrogen (secondary N) is 1. The van der Waals surface area contributed by atoms with E-state index in [0.29, 0.717) is 24.0 Å². The Labute approximate surface area is 227 Å². The fraction of sp³-hybridized carbons (Fsp3) is 0.172. The van der Waals surface area contributed by atoms with Crippen LogP contribution in [-0.4, -0.2) is 48.3 Å². The molecule has 4 rings (SSSR count). The molecule has 1 aliphatic heterocycles. The first kappa shape index (κ1) is 28.1. The van der Waals surface area contributed by atoms with Crippen LogP contribution >= 0.6 is 0 Å². The van der Waals surface area contributed by atoms with Crippen LogP contribution in [0.4, 0.5) is 18.9 Å². The number of anilines is 1. The van der Waals surface area contributed by atoms with Gasteiger partial charge in [0.2, 0.25) is 0 Å². The molecular formula is C29H24F3N3O5. The van der Waals surface area contributed by atoms with Crippen LogP contribution in [0, 0.1) is 0 Å². The van der Waals surface area contributed by atoms with Gasteiger partial charge >= 0.3 is 12.1 Å². The van der Waals surface area contributed by atoms with E-state index >= 15 is 0 Å². The molecule has 40 heavy (non-hydrogen) atoms. The Morgan fingerprint density at radius 3 is 2.35 bits per heavy atom. The van der Waals surface area contributed by atoms with Gasteiger partial charge in [-0.05, 0) is 35.4 Å². The van der Waals surface area contributed by atoms with Crippen LogP contribution < -0.4 is 10.1 Å². The first-order valence-corrected chi connectivity index (χ1v) is 12.1. The monoisotopic (exact) mass is 551 g/mol. The third-order valence-corrected chi connectivity index (χ3v) is 6.00. The molecule has 3 aromatic rings. The third-order valence-electron chi connectivity index (χ3n) is 6.00. The molecule has 0 aliphatic carbocycles. The van der Waals surface area contributed by atoms with E-state index in [1.54, 1.807) is 19.2 Å². The van der Waals surface area contributed by atoms with Crippen LogP contribution in [0.25, 0.3) is 0 Å². The normalized spacial score (nSPS) is 15.1. The van der Waals surface area contributed by atoms with Crippen molar-refractivity contribution >= 4 is 29.1 Å². The maximum absolute atomic E-state index is 13.2. The summed E-state index contributed by atoms with van der Waals surface area (Å²) in [6.07, 6.45) is -3.50. The number of amides is 1. The van der Waals surface area contributed by atoms with Gasteiger partial charge in [-0.25, -0.2) is 9.80 Å². The van der Waals surface area contributed by atoms with Gasteiger partial charge in [0, 0.05) is 18.7 Å². The fourth-order valence-corrected chi connectivity index (χ4v) is 3.99. The Kier molecular flexibility index (Phi) is 8.63. The van der Waals surface area contributed by atoms with E-state index in [1.807, 2.05) is 42.5 Å². The number of carbonyl (C=O) groups excluding carboxylic acids is 3. The Hall–Kier alpha value is -4.93. The molecule has 0 unspecified atom stereocenters. The van der Waals surface area contributed by atoms with Crippen LogP contribution in [0.3, 0.4) is 0 Å². The highest BCUT2D eigenvalue weighted by molar-refractivity contribution is 6.03. The lowest BCUT2D eigenvalue weighted by Gasteiger charge is -2.22. The minimum absolute atomic E-state index is 0.0407. The van der Waals surface area contributed by atoms with Crippen molar-refractivity contribution in [1.29, 1.82) is 0 Å². The van der Waals surface area contributed by atoms with Crippen molar-refractivity contribution in [2.75, 3.05) is 19.0 Å². The van der Waals surface area contributed by atoms with Crippen molar-refractivity contribution in [3.8, 4) is 5.75 Å². The number of halogens is 3. The molecule has 11 heteroatoms. The second-order valence-electron chi connectivity index (χ2n) is 8.61. The van der Waals surface area contributed by atoms with Crippen molar-refractivity contribution in [3.05, 3.63) is 108 Å². The molecule has 1 N–H and O–H groups in total. The zero-order chi connectivity index (χ0) is 28.7. The topological polar surface area (TPSA) is 97.3 Å². The number of rotatable bonds is 9. The van der Waals surface area contributed by atoms with E-state index in [2.05, 4.69) is 10.4 Å². The summed E-state index contributed by atoms with van der Waals surface area (Å²) in [5.41, 5.74) is 2.40. The number of carbonyl (C=O) groups is 3. The Balaban J connectivity index is 1.48. The first-order chi connectivity index (χ1) is 19.2. The SMILES string of the molecule is COc1ccc([C@H]2CC(c3ccccc3)=NN2C(=O)COC(=O)c2ccccc2N/C=C/C(=O)C(F)(F)F)cc1. The molecule has 3 aromatic carbocycles. The van der Waals surface area contributed by atoms with Gasteiger partial charge in [0.1, 0.15) is 5.75 Å². The van der Waals surface area contributed by atoms with E-state index in [1.165, 1.54) is 29.3 Å². The van der Waals surface area contributed by atoms with E-state index in [4.69, 9.17) is 9.47 Å². The minimum Gasteiger partial charge on any atom is -0.497 e. The predicted molar refractivity (Wildman–Crippen MR) is 141 cm³/mol. The van der Waals surface area contributed by atoms with Crippen molar-refractivity contribution in [3.63, 3.8) is 0 Å². The maximum atomic E-state index is 13.2. The smallest absolute Gasteiger partial charge is 0.454 e. The van der Waals surface area contributed by atoms with Gasteiger partial charge in [0.05, 0.1) is 30.1 Å². The van der Waals surface area contributed by atoms with E-state index in [0.717, 1.165) is 17.3 Å². The summed E-state index contributed by atoms with van der Waals surface area (Å²) < 4.78 is 47.7. The number of hydrogen-bond acceptors (Lipinski definition) is 7. The molecule has 1 aliphatic rings. The molecular weight excluding hydrogens is 527 g/mol. The van der Waals surface area contributed by atoms with Gasteiger partial charge in [-0.2, -0.15) is 18.3 Å². The van der Waals surface area contributed by atoms with Crippen molar-refractivity contribution in [1.82, 2.24) is 5.01 Å². The van der Waals surface area contributed by atoms with Crippen LogP contribution in [0.5, 0.6) is 5.75 Å². The van der Waals surface area contributed by atoms with Crippen molar-refractivity contribution < 1.29 is 37.0 Å². The summed E-state index contributed by atoms with van der Waals surface area (Å²) in [4.78, 5) is 37.1. The lowest BCUT2D eigenvalue weighted by Crippen LogP contribution is -2.31. The molecule has 0 radical (unpaired) electrons. The van der Waals surface area contributed by atoms with Crippen molar-refractivity contribution in [2.24, 2.45) is 5.10 Å². The largest absolute Gasteiger partial charge is 0.497 e.